The minimum atomic E-state index is -4.25. The van der Waals surface area contributed by atoms with E-state index in [1.54, 1.807) is 0 Å². The molecule has 0 aliphatic rings. The van der Waals surface area contributed by atoms with E-state index in [0.29, 0.717) is 10.6 Å². The molecule has 23 heavy (non-hydrogen) atoms. The topological polar surface area (TPSA) is 77.5 Å². The summed E-state index contributed by atoms with van der Waals surface area (Å²) in [5, 5.41) is 0.355. The van der Waals surface area contributed by atoms with Gasteiger partial charge in [0.05, 0.1) is 9.92 Å². The minimum Gasteiger partial charge on any atom is -0.377 e. The molecule has 2 aromatic carbocycles. The summed E-state index contributed by atoms with van der Waals surface area (Å²) in [4.78, 5) is -0.362. The molecule has 0 heterocycles. The van der Waals surface area contributed by atoms with Crippen LogP contribution >= 0.6 is 23.2 Å². The van der Waals surface area contributed by atoms with Crippen LogP contribution in [-0.4, -0.2) is 23.1 Å². The van der Waals surface area contributed by atoms with Gasteiger partial charge in [0, 0.05) is 11.3 Å². The summed E-state index contributed by atoms with van der Waals surface area (Å²) < 4.78 is 53.1. The van der Waals surface area contributed by atoms with Crippen LogP contribution in [0.2, 0.25) is 10.0 Å². The fourth-order valence-electron chi connectivity index (χ4n) is 1.79. The number of aryl methyl sites for hydroxylation is 1. The maximum absolute atomic E-state index is 12.4. The van der Waals surface area contributed by atoms with E-state index >= 15 is 0 Å². The normalized spacial score (nSPS) is 12.2. The Balaban J connectivity index is 2.51. The van der Waals surface area contributed by atoms with Crippen molar-refractivity contribution in [3.63, 3.8) is 0 Å². The standard InChI is InChI=1S/C14H12Cl2O5S2/c1-9-3-5-11(22(2,17)18)8-14(9)23(19,20)21-13-6-4-10(15)7-12(13)16/h3-8H,1-2H3. The minimum absolute atomic E-state index is 0.0259. The first kappa shape index (κ1) is 18.1. The molecule has 0 spiro atoms. The third kappa shape index (κ3) is 4.17. The van der Waals surface area contributed by atoms with Crippen LogP contribution < -0.4 is 4.18 Å². The summed E-state index contributed by atoms with van der Waals surface area (Å²) in [6.07, 6.45) is 0.991. The van der Waals surface area contributed by atoms with Crippen LogP contribution in [0.4, 0.5) is 0 Å². The fourth-order valence-corrected chi connectivity index (χ4v) is 4.21. The zero-order valence-corrected chi connectivity index (χ0v) is 15.2. The monoisotopic (exact) mass is 394 g/mol. The van der Waals surface area contributed by atoms with E-state index in [0.717, 1.165) is 12.3 Å². The van der Waals surface area contributed by atoms with Crippen LogP contribution in [0.1, 0.15) is 5.56 Å². The lowest BCUT2D eigenvalue weighted by Crippen LogP contribution is -2.12. The highest BCUT2D eigenvalue weighted by atomic mass is 35.5. The third-order valence-electron chi connectivity index (χ3n) is 2.95. The van der Waals surface area contributed by atoms with Crippen LogP contribution in [0.3, 0.4) is 0 Å². The maximum atomic E-state index is 12.4. The van der Waals surface area contributed by atoms with Crippen molar-refractivity contribution in [2.24, 2.45) is 0 Å². The highest BCUT2D eigenvalue weighted by Crippen LogP contribution is 2.31. The molecule has 2 rings (SSSR count). The Morgan fingerprint density at radius 2 is 1.61 bits per heavy atom. The van der Waals surface area contributed by atoms with Crippen molar-refractivity contribution >= 4 is 43.2 Å². The van der Waals surface area contributed by atoms with Crippen molar-refractivity contribution in [2.45, 2.75) is 16.7 Å². The van der Waals surface area contributed by atoms with Crippen LogP contribution in [0.5, 0.6) is 5.75 Å². The first-order chi connectivity index (χ1) is 10.5. The molecule has 0 saturated heterocycles. The summed E-state index contributed by atoms with van der Waals surface area (Å²) in [6.45, 7) is 1.53. The fraction of sp³-hybridized carbons (Fsp3) is 0.143. The van der Waals surface area contributed by atoms with Crippen LogP contribution in [0, 0.1) is 6.92 Å². The van der Waals surface area contributed by atoms with Crippen molar-refractivity contribution < 1.29 is 21.0 Å². The Hall–Kier alpha value is -1.28. The Labute approximate surface area is 144 Å². The average molecular weight is 395 g/mol. The van der Waals surface area contributed by atoms with Crippen molar-refractivity contribution in [1.82, 2.24) is 0 Å². The highest BCUT2D eigenvalue weighted by Gasteiger charge is 2.23. The first-order valence-electron chi connectivity index (χ1n) is 6.21. The van der Waals surface area contributed by atoms with Gasteiger partial charge in [-0.2, -0.15) is 8.42 Å². The van der Waals surface area contributed by atoms with Gasteiger partial charge in [0.1, 0.15) is 4.90 Å². The predicted molar refractivity (Wildman–Crippen MR) is 88.6 cm³/mol. The summed E-state index contributed by atoms with van der Waals surface area (Å²) >= 11 is 11.6. The molecule has 9 heteroatoms. The van der Waals surface area contributed by atoms with E-state index in [1.165, 1.54) is 37.3 Å². The second-order valence-corrected chi connectivity index (χ2v) is 9.19. The number of sulfone groups is 1. The third-order valence-corrected chi connectivity index (χ3v) is 5.97. The lowest BCUT2D eigenvalue weighted by Gasteiger charge is -2.11. The van der Waals surface area contributed by atoms with E-state index in [-0.39, 0.29) is 20.6 Å². The summed E-state index contributed by atoms with van der Waals surface area (Å²) in [5.74, 6) is -0.0970. The van der Waals surface area contributed by atoms with E-state index < -0.39 is 20.0 Å². The predicted octanol–water partition coefficient (Wildman–Crippen LogP) is 3.47. The number of benzene rings is 2. The van der Waals surface area contributed by atoms with Gasteiger partial charge in [-0.25, -0.2) is 8.42 Å². The Morgan fingerprint density at radius 3 is 2.17 bits per heavy atom. The van der Waals surface area contributed by atoms with Gasteiger partial charge in [-0.15, -0.1) is 0 Å². The van der Waals surface area contributed by atoms with E-state index in [1.807, 2.05) is 0 Å². The van der Waals surface area contributed by atoms with Gasteiger partial charge < -0.3 is 4.18 Å². The smallest absolute Gasteiger partial charge is 0.339 e. The molecule has 0 fully saturated rings. The van der Waals surface area contributed by atoms with Crippen LogP contribution in [0.15, 0.2) is 46.2 Å². The van der Waals surface area contributed by atoms with E-state index in [4.69, 9.17) is 27.4 Å². The highest BCUT2D eigenvalue weighted by molar-refractivity contribution is 7.90. The van der Waals surface area contributed by atoms with Gasteiger partial charge in [-0.05, 0) is 42.8 Å². The van der Waals surface area contributed by atoms with Crippen molar-refractivity contribution in [2.75, 3.05) is 6.26 Å². The molecule has 0 aliphatic heterocycles. The summed E-state index contributed by atoms with van der Waals surface area (Å²) in [6, 6.07) is 7.88. The molecule has 0 bridgehead atoms. The zero-order valence-electron chi connectivity index (χ0n) is 12.1. The van der Waals surface area contributed by atoms with Gasteiger partial charge in [0.2, 0.25) is 0 Å². The summed E-state index contributed by atoms with van der Waals surface area (Å²) in [7, 11) is -7.81. The maximum Gasteiger partial charge on any atom is 0.339 e. The molecule has 0 amide bonds. The van der Waals surface area contributed by atoms with E-state index in [9.17, 15) is 16.8 Å². The number of rotatable bonds is 4. The molecule has 0 N–H and O–H groups in total. The molecular weight excluding hydrogens is 383 g/mol. The Kier molecular flexibility index (Phi) is 4.96. The van der Waals surface area contributed by atoms with Gasteiger partial charge >= 0.3 is 10.1 Å². The average Bonchev–Trinajstić information content (AvgIpc) is 2.41. The SMILES string of the molecule is Cc1ccc(S(C)(=O)=O)cc1S(=O)(=O)Oc1ccc(Cl)cc1Cl. The molecule has 0 radical (unpaired) electrons. The number of hydrogen-bond donors (Lipinski definition) is 0. The molecular formula is C14H12Cl2O5S2. The molecule has 5 nitrogen and oxygen atoms in total. The molecule has 124 valence electrons. The van der Waals surface area contributed by atoms with Gasteiger partial charge in [0.15, 0.2) is 15.6 Å². The molecule has 0 saturated carbocycles. The second kappa shape index (κ2) is 6.32. The lowest BCUT2D eigenvalue weighted by molar-refractivity contribution is 0.485. The zero-order chi connectivity index (χ0) is 17.4. The van der Waals surface area contributed by atoms with Gasteiger partial charge in [0.25, 0.3) is 0 Å². The van der Waals surface area contributed by atoms with Crippen molar-refractivity contribution in [1.29, 1.82) is 0 Å². The first-order valence-corrected chi connectivity index (χ1v) is 10.3. The van der Waals surface area contributed by atoms with E-state index in [2.05, 4.69) is 0 Å². The number of halogens is 2. The largest absolute Gasteiger partial charge is 0.377 e. The number of hydrogen-bond acceptors (Lipinski definition) is 5. The quantitative estimate of drug-likeness (QED) is 0.741. The van der Waals surface area contributed by atoms with Crippen LogP contribution in [0.25, 0.3) is 0 Å². The lowest BCUT2D eigenvalue weighted by atomic mass is 10.2. The van der Waals surface area contributed by atoms with Gasteiger partial charge in [-0.1, -0.05) is 29.3 Å². The van der Waals surface area contributed by atoms with Gasteiger partial charge in [-0.3, -0.25) is 0 Å². The Morgan fingerprint density at radius 1 is 0.957 bits per heavy atom. The van der Waals surface area contributed by atoms with Crippen molar-refractivity contribution in [3.8, 4) is 5.75 Å². The molecule has 2 aromatic rings. The summed E-state index contributed by atoms with van der Waals surface area (Å²) in [5.41, 5.74) is 0.350. The second-order valence-electron chi connectivity index (χ2n) is 4.81. The Bertz CT molecular complexity index is 967. The molecule has 0 atom stereocenters. The molecule has 0 aliphatic carbocycles. The van der Waals surface area contributed by atoms with Crippen molar-refractivity contribution in [3.05, 3.63) is 52.0 Å². The van der Waals surface area contributed by atoms with Crippen LogP contribution in [-0.2, 0) is 20.0 Å². The molecule has 0 unspecified atom stereocenters. The molecule has 0 aromatic heterocycles.